The lowest BCUT2D eigenvalue weighted by Gasteiger charge is -2.34. The van der Waals surface area contributed by atoms with Crippen LogP contribution in [-0.2, 0) is 52.2 Å². The number of alkyl halides is 2. The number of piperidine rings is 2. The Kier molecular flexibility index (Phi) is 11.6. The first-order valence-electron chi connectivity index (χ1n) is 22.1. The van der Waals surface area contributed by atoms with E-state index in [4.69, 9.17) is 5.10 Å². The number of hydrogen-bond donors (Lipinski definition) is 0. The molecule has 2 aromatic carbocycles. The summed E-state index contributed by atoms with van der Waals surface area (Å²) in [6, 6.07) is 8.84. The standard InChI is InChI=1S/C47H51F2N9O5/c1-30(59)54-23-19-40-39(28-54)46(55-20-9-12-32-24-36(33-26-50-52(2)27-33)37(45(48)49)25-41(32)55)51-57(40)34-17-21-53(22-18-34)42(60)14-6-4-3-5-10-31-11-7-13-35-38(31)29-56(47(35)63)58-43(61)15-8-16-44(58)62/h7,11,13,24-27,34,45H,3-4,6,8-9,12,14-23,28-29H2,1-2H3. The van der Waals surface area contributed by atoms with Gasteiger partial charge in [0.1, 0.15) is 0 Å². The number of anilines is 2. The molecule has 7 heterocycles. The normalized spacial score (nSPS) is 17.9. The number of nitrogens with zero attached hydrogens (tertiary/aromatic N) is 9. The second kappa shape index (κ2) is 17.4. The predicted octanol–water partition coefficient (Wildman–Crippen LogP) is 6.40. The van der Waals surface area contributed by atoms with Gasteiger partial charge in [-0.3, -0.25) is 33.3 Å². The van der Waals surface area contributed by atoms with Gasteiger partial charge >= 0.3 is 0 Å². The molecule has 328 valence electrons. The summed E-state index contributed by atoms with van der Waals surface area (Å²) >= 11 is 0. The first kappa shape index (κ1) is 42.0. The zero-order chi connectivity index (χ0) is 43.9. The molecule has 63 heavy (non-hydrogen) atoms. The van der Waals surface area contributed by atoms with E-state index in [0.29, 0.717) is 98.5 Å². The van der Waals surface area contributed by atoms with E-state index in [2.05, 4.69) is 26.5 Å². The van der Waals surface area contributed by atoms with Crippen molar-refractivity contribution < 1.29 is 32.8 Å². The molecule has 14 nitrogen and oxygen atoms in total. The third-order valence-electron chi connectivity index (χ3n) is 13.2. The summed E-state index contributed by atoms with van der Waals surface area (Å²) in [5, 5.41) is 11.7. The van der Waals surface area contributed by atoms with Gasteiger partial charge in [0.25, 0.3) is 12.3 Å². The van der Waals surface area contributed by atoms with E-state index < -0.39 is 6.43 Å². The Morgan fingerprint density at radius 3 is 2.41 bits per heavy atom. The SMILES string of the molecule is CC(=O)N1CCc2c(c(N3CCCc4cc(-c5cnn(C)c5)c(C(F)F)cc43)nn2C2CCN(C(=O)CCCCC#Cc3cccc4c3CN(N3C(=O)CCCC3=O)C4=O)CC2)C1. The number of fused-ring (bicyclic) bond motifs is 3. The van der Waals surface area contributed by atoms with Crippen LogP contribution in [0.4, 0.5) is 20.3 Å². The molecular formula is C47H51F2N9O5. The van der Waals surface area contributed by atoms with Gasteiger partial charge in [-0.05, 0) is 80.3 Å². The summed E-state index contributed by atoms with van der Waals surface area (Å²) in [5.74, 6) is 6.08. The second-order valence-corrected chi connectivity index (χ2v) is 17.2. The number of hydrogen-bond acceptors (Lipinski definition) is 8. The molecule has 2 fully saturated rings. The molecule has 0 aliphatic carbocycles. The Morgan fingerprint density at radius 2 is 1.68 bits per heavy atom. The number of imide groups is 1. The molecule has 0 N–H and O–H groups in total. The Morgan fingerprint density at radius 1 is 0.889 bits per heavy atom. The highest BCUT2D eigenvalue weighted by Gasteiger charge is 2.40. The minimum atomic E-state index is -2.69. The zero-order valence-corrected chi connectivity index (χ0v) is 35.7. The molecule has 0 atom stereocenters. The Labute approximate surface area is 364 Å². The van der Waals surface area contributed by atoms with Crippen molar-refractivity contribution in [2.75, 3.05) is 31.1 Å². The van der Waals surface area contributed by atoms with Gasteiger partial charge in [-0.2, -0.15) is 15.2 Å². The van der Waals surface area contributed by atoms with Crippen molar-refractivity contribution in [3.05, 3.63) is 81.8 Å². The third-order valence-corrected chi connectivity index (χ3v) is 13.2. The molecular weight excluding hydrogens is 809 g/mol. The van der Waals surface area contributed by atoms with Gasteiger partial charge in [0.15, 0.2) is 5.82 Å². The first-order valence-corrected chi connectivity index (χ1v) is 22.1. The summed E-state index contributed by atoms with van der Waals surface area (Å²) in [6.07, 6.45) is 7.70. The fourth-order valence-electron chi connectivity index (χ4n) is 9.85. The average molecular weight is 860 g/mol. The maximum atomic E-state index is 14.7. The molecule has 0 saturated carbocycles. The highest BCUT2D eigenvalue weighted by molar-refractivity contribution is 6.05. The fourth-order valence-corrected chi connectivity index (χ4v) is 9.85. The lowest BCUT2D eigenvalue weighted by Crippen LogP contribution is -2.52. The molecule has 0 unspecified atom stereocenters. The van der Waals surface area contributed by atoms with Crippen molar-refractivity contribution in [3.8, 4) is 23.0 Å². The minimum absolute atomic E-state index is 0.0191. The Bertz CT molecular complexity index is 2550. The number of carbonyl (C=O) groups is 5. The van der Waals surface area contributed by atoms with Gasteiger partial charge in [0.2, 0.25) is 23.6 Å². The summed E-state index contributed by atoms with van der Waals surface area (Å²) in [7, 11) is 1.77. The van der Waals surface area contributed by atoms with Gasteiger partial charge in [-0.25, -0.2) is 13.8 Å². The van der Waals surface area contributed by atoms with E-state index >= 15 is 0 Å². The smallest absolute Gasteiger partial charge is 0.273 e. The van der Waals surface area contributed by atoms with Crippen LogP contribution in [0.15, 0.2) is 42.7 Å². The van der Waals surface area contributed by atoms with Crippen molar-refractivity contribution in [3.63, 3.8) is 0 Å². The molecule has 9 rings (SSSR count). The van der Waals surface area contributed by atoms with E-state index in [1.165, 1.54) is 5.01 Å². The second-order valence-electron chi connectivity index (χ2n) is 17.2. The quantitative estimate of drug-likeness (QED) is 0.107. The predicted molar refractivity (Wildman–Crippen MR) is 228 cm³/mol. The number of benzene rings is 2. The first-order chi connectivity index (χ1) is 30.5. The number of likely N-dealkylation sites (tertiary alicyclic amines) is 1. The third kappa shape index (κ3) is 8.09. The number of carbonyl (C=O) groups excluding carboxylic acids is 5. The molecule has 5 aliphatic rings. The van der Waals surface area contributed by atoms with Crippen molar-refractivity contribution in [1.82, 2.24) is 39.4 Å². The molecule has 4 aromatic rings. The van der Waals surface area contributed by atoms with Crippen LogP contribution < -0.4 is 4.90 Å². The fraction of sp³-hybridized carbons (Fsp3) is 0.468. The lowest BCUT2D eigenvalue weighted by molar-refractivity contribution is -0.163. The van der Waals surface area contributed by atoms with Crippen LogP contribution in [0, 0.1) is 11.8 Å². The van der Waals surface area contributed by atoms with Gasteiger partial charge in [0, 0.05) is 123 Å². The van der Waals surface area contributed by atoms with E-state index in [1.807, 2.05) is 21.9 Å². The number of amides is 5. The van der Waals surface area contributed by atoms with Gasteiger partial charge in [-0.1, -0.05) is 17.9 Å². The lowest BCUT2D eigenvalue weighted by atomic mass is 9.92. The van der Waals surface area contributed by atoms with E-state index in [-0.39, 0.29) is 60.5 Å². The van der Waals surface area contributed by atoms with E-state index in [9.17, 15) is 32.8 Å². The van der Waals surface area contributed by atoms with Crippen LogP contribution in [0.3, 0.4) is 0 Å². The van der Waals surface area contributed by atoms with Crippen LogP contribution in [0.2, 0.25) is 0 Å². The Balaban J connectivity index is 0.836. The molecule has 0 spiro atoms. The molecule has 2 aromatic heterocycles. The molecule has 16 heteroatoms. The van der Waals surface area contributed by atoms with Crippen molar-refractivity contribution in [2.45, 2.75) is 110 Å². The summed E-state index contributed by atoms with van der Waals surface area (Å²) in [6.45, 7) is 4.47. The topological polar surface area (TPSA) is 137 Å². The Hall–Kier alpha value is -6.37. The molecule has 5 aliphatic heterocycles. The van der Waals surface area contributed by atoms with Crippen LogP contribution in [0.25, 0.3) is 11.1 Å². The maximum absolute atomic E-state index is 14.7. The van der Waals surface area contributed by atoms with Gasteiger partial charge in [0.05, 0.1) is 25.3 Å². The number of aromatic nitrogens is 4. The number of hydrazine groups is 1. The minimum Gasteiger partial charge on any atom is -0.343 e. The van der Waals surface area contributed by atoms with Crippen LogP contribution in [0.1, 0.15) is 127 Å². The summed E-state index contributed by atoms with van der Waals surface area (Å²) in [5.41, 5.74) is 6.65. The maximum Gasteiger partial charge on any atom is 0.273 e. The van der Waals surface area contributed by atoms with Gasteiger partial charge in [-0.15, -0.1) is 0 Å². The zero-order valence-electron chi connectivity index (χ0n) is 35.7. The average Bonchev–Trinajstić information content (AvgIpc) is 3.99. The van der Waals surface area contributed by atoms with Crippen LogP contribution in [0.5, 0.6) is 0 Å². The number of rotatable bonds is 9. The highest BCUT2D eigenvalue weighted by atomic mass is 19.3. The molecule has 0 radical (unpaired) electrons. The van der Waals surface area contributed by atoms with Crippen molar-refractivity contribution in [2.24, 2.45) is 7.05 Å². The largest absolute Gasteiger partial charge is 0.343 e. The number of halogens is 2. The summed E-state index contributed by atoms with van der Waals surface area (Å²) in [4.78, 5) is 70.0. The van der Waals surface area contributed by atoms with E-state index in [1.54, 1.807) is 49.2 Å². The van der Waals surface area contributed by atoms with E-state index in [0.717, 1.165) is 59.6 Å². The molecule has 2 saturated heterocycles. The summed E-state index contributed by atoms with van der Waals surface area (Å²) < 4.78 is 33.1. The molecule has 0 bridgehead atoms. The number of aryl methyl sites for hydroxylation is 2. The number of unbranched alkanes of at least 4 members (excludes halogenated alkanes) is 2. The molecule has 5 amide bonds. The van der Waals surface area contributed by atoms with Crippen LogP contribution >= 0.6 is 0 Å². The monoisotopic (exact) mass is 859 g/mol. The van der Waals surface area contributed by atoms with Crippen LogP contribution in [-0.4, -0.2) is 95.1 Å². The highest BCUT2D eigenvalue weighted by Crippen LogP contribution is 2.44. The van der Waals surface area contributed by atoms with Crippen molar-refractivity contribution in [1.29, 1.82) is 0 Å². The van der Waals surface area contributed by atoms with Gasteiger partial charge < -0.3 is 14.7 Å². The van der Waals surface area contributed by atoms with Crippen molar-refractivity contribution >= 4 is 41.0 Å².